The number of esters is 1. The van der Waals surface area contributed by atoms with Crippen LogP contribution in [0.2, 0.25) is 0 Å². The summed E-state index contributed by atoms with van der Waals surface area (Å²) in [6.07, 6.45) is 15.5. The zero-order chi connectivity index (χ0) is 18.9. The summed E-state index contributed by atoms with van der Waals surface area (Å²) in [6.45, 7) is 1.51. The number of ether oxygens (including phenoxy) is 1. The normalized spacial score (nSPS) is 23.0. The lowest BCUT2D eigenvalue weighted by atomic mass is 9.80. The zero-order valence-electron chi connectivity index (χ0n) is 15.0. The minimum absolute atomic E-state index is 0.178. The maximum atomic E-state index is 13.3. The molecule has 1 fully saturated rings. The van der Waals surface area contributed by atoms with Gasteiger partial charge in [0, 0.05) is 6.08 Å². The van der Waals surface area contributed by atoms with Gasteiger partial charge in [0.2, 0.25) is 0 Å². The minimum atomic E-state index is -1.65. The smallest absolute Gasteiger partial charge is 0.343 e. The molecule has 0 bridgehead atoms. The number of carbonyl (C=O) groups excluding carboxylic acids is 1. The molecule has 0 N–H and O–H groups in total. The van der Waals surface area contributed by atoms with Crippen LogP contribution in [-0.4, -0.2) is 5.97 Å². The number of hydrogen-bond donors (Lipinski definition) is 0. The molecule has 1 unspecified atom stereocenters. The Labute approximate surface area is 152 Å². The van der Waals surface area contributed by atoms with Crippen molar-refractivity contribution in [3.63, 3.8) is 0 Å². The van der Waals surface area contributed by atoms with Crippen molar-refractivity contribution < 1.29 is 22.7 Å². The largest absolute Gasteiger partial charge is 0.423 e. The van der Waals surface area contributed by atoms with Crippen LogP contribution < -0.4 is 0 Å². The fraction of sp³-hybridized carbons (Fsp3) is 0.476. The highest BCUT2D eigenvalue weighted by Gasteiger charge is 2.20. The topological polar surface area (TPSA) is 26.3 Å². The maximum absolute atomic E-state index is 13.3. The third-order valence-corrected chi connectivity index (χ3v) is 4.87. The maximum Gasteiger partial charge on any atom is 0.343 e. The first-order valence-corrected chi connectivity index (χ1v) is 9.13. The Morgan fingerprint density at radius 2 is 1.96 bits per heavy atom. The van der Waals surface area contributed by atoms with Gasteiger partial charge in [0.1, 0.15) is 12.1 Å². The van der Waals surface area contributed by atoms with Crippen LogP contribution in [-0.2, 0) is 9.53 Å². The molecule has 2 rings (SSSR count). The Morgan fingerprint density at radius 1 is 1.23 bits per heavy atom. The number of halogens is 3. The van der Waals surface area contributed by atoms with E-state index in [1.807, 2.05) is 12.2 Å². The van der Waals surface area contributed by atoms with Crippen molar-refractivity contribution in [1.29, 1.82) is 0 Å². The van der Waals surface area contributed by atoms with Gasteiger partial charge in [-0.05, 0) is 37.7 Å². The summed E-state index contributed by atoms with van der Waals surface area (Å²) in [7, 11) is 0. The summed E-state index contributed by atoms with van der Waals surface area (Å²) in [5, 5.41) is 0. The molecule has 0 aromatic carbocycles. The molecule has 0 heterocycles. The predicted octanol–water partition coefficient (Wildman–Crippen LogP) is 6.54. The highest BCUT2D eigenvalue weighted by Crippen LogP contribution is 2.32. The Hall–Kier alpha value is -2.04. The van der Waals surface area contributed by atoms with Crippen LogP contribution >= 0.6 is 0 Å². The van der Waals surface area contributed by atoms with Gasteiger partial charge in [-0.25, -0.2) is 18.0 Å². The Bertz CT molecular complexity index is 650. The van der Waals surface area contributed by atoms with E-state index in [0.29, 0.717) is 17.6 Å². The quantitative estimate of drug-likeness (QED) is 0.303. The van der Waals surface area contributed by atoms with Gasteiger partial charge in [0.05, 0.1) is 5.57 Å². The molecule has 1 atom stereocenters. The average Bonchev–Trinajstić information content (AvgIpc) is 2.67. The van der Waals surface area contributed by atoms with E-state index in [1.54, 1.807) is 6.08 Å². The molecule has 0 radical (unpaired) electrons. The standard InChI is InChI=1S/C21H25F3O2/c1-2-18(13-19(23)20(24)14-22)26-21(25)17-10-8-16(9-11-17)12-15-6-4-3-5-7-15/h2,8,10-11,13-16H,3-7,9,12H2,1H3/b18-2+,19-13+,20-14-. The zero-order valence-corrected chi connectivity index (χ0v) is 15.0. The van der Waals surface area contributed by atoms with E-state index in [-0.39, 0.29) is 5.76 Å². The summed E-state index contributed by atoms with van der Waals surface area (Å²) in [4.78, 5) is 12.2. The highest BCUT2D eigenvalue weighted by atomic mass is 19.2. The van der Waals surface area contributed by atoms with Crippen molar-refractivity contribution in [2.24, 2.45) is 11.8 Å². The molecular weight excluding hydrogens is 341 g/mol. The lowest BCUT2D eigenvalue weighted by Gasteiger charge is -2.25. The first kappa shape index (κ1) is 20.3. The molecule has 2 aliphatic carbocycles. The fourth-order valence-corrected chi connectivity index (χ4v) is 3.43. The van der Waals surface area contributed by atoms with Crippen LogP contribution in [0, 0.1) is 11.8 Å². The first-order valence-electron chi connectivity index (χ1n) is 9.13. The molecule has 26 heavy (non-hydrogen) atoms. The lowest BCUT2D eigenvalue weighted by Crippen LogP contribution is -2.14. The molecule has 0 aromatic heterocycles. The number of allylic oxidation sites excluding steroid dienone is 6. The monoisotopic (exact) mass is 366 g/mol. The second kappa shape index (κ2) is 10.2. The molecule has 1 saturated carbocycles. The van der Waals surface area contributed by atoms with Gasteiger partial charge in [-0.3, -0.25) is 0 Å². The number of carbonyl (C=O) groups is 1. The summed E-state index contributed by atoms with van der Waals surface area (Å²) in [5.74, 6) is -2.71. The summed E-state index contributed by atoms with van der Waals surface area (Å²) >= 11 is 0. The molecule has 0 amide bonds. The van der Waals surface area contributed by atoms with Crippen molar-refractivity contribution in [3.8, 4) is 0 Å². The SMILES string of the molecule is C\C=C(/C=C(F)\C(F)=C\F)OC(=O)C1=CCC(CC2CCCCC2)C=C1. The van der Waals surface area contributed by atoms with E-state index < -0.39 is 24.0 Å². The van der Waals surface area contributed by atoms with Gasteiger partial charge in [0.25, 0.3) is 0 Å². The van der Waals surface area contributed by atoms with Crippen LogP contribution in [0.1, 0.15) is 51.9 Å². The first-order chi connectivity index (χ1) is 12.5. The van der Waals surface area contributed by atoms with Gasteiger partial charge in [0.15, 0.2) is 11.7 Å². The molecule has 2 nitrogen and oxygen atoms in total. The van der Waals surface area contributed by atoms with Gasteiger partial charge in [-0.2, -0.15) is 0 Å². The molecule has 5 heteroatoms. The van der Waals surface area contributed by atoms with Crippen LogP contribution in [0.3, 0.4) is 0 Å². The van der Waals surface area contributed by atoms with E-state index in [0.717, 1.165) is 18.8 Å². The van der Waals surface area contributed by atoms with Gasteiger partial charge < -0.3 is 4.74 Å². The lowest BCUT2D eigenvalue weighted by molar-refractivity contribution is -0.134. The molecule has 2 aliphatic rings. The third-order valence-electron chi connectivity index (χ3n) is 4.87. The van der Waals surface area contributed by atoms with Crippen LogP contribution in [0.15, 0.2) is 59.7 Å². The molecule has 0 spiro atoms. The van der Waals surface area contributed by atoms with Crippen molar-refractivity contribution >= 4 is 5.97 Å². The molecule has 0 aromatic rings. The molecular formula is C21H25F3O2. The van der Waals surface area contributed by atoms with E-state index in [2.05, 4.69) is 0 Å². The van der Waals surface area contributed by atoms with Gasteiger partial charge in [-0.1, -0.05) is 50.3 Å². The third kappa shape index (κ3) is 6.04. The predicted molar refractivity (Wildman–Crippen MR) is 95.9 cm³/mol. The van der Waals surface area contributed by atoms with E-state index >= 15 is 0 Å². The summed E-state index contributed by atoms with van der Waals surface area (Å²) < 4.78 is 43.2. The highest BCUT2D eigenvalue weighted by molar-refractivity contribution is 5.92. The van der Waals surface area contributed by atoms with Gasteiger partial charge in [-0.15, -0.1) is 0 Å². The summed E-state index contributed by atoms with van der Waals surface area (Å²) in [6, 6.07) is 0. The van der Waals surface area contributed by atoms with E-state index in [9.17, 15) is 18.0 Å². The van der Waals surface area contributed by atoms with Crippen molar-refractivity contribution in [2.75, 3.05) is 0 Å². The minimum Gasteiger partial charge on any atom is -0.423 e. The Balaban J connectivity index is 1.89. The number of rotatable bonds is 6. The fourth-order valence-electron chi connectivity index (χ4n) is 3.43. The molecule has 0 aliphatic heterocycles. The van der Waals surface area contributed by atoms with Crippen LogP contribution in [0.25, 0.3) is 0 Å². The second-order valence-corrected chi connectivity index (χ2v) is 6.78. The van der Waals surface area contributed by atoms with E-state index in [1.165, 1.54) is 45.1 Å². The Kier molecular flexibility index (Phi) is 7.95. The Morgan fingerprint density at radius 3 is 2.54 bits per heavy atom. The molecule has 142 valence electrons. The van der Waals surface area contributed by atoms with Crippen molar-refractivity contribution in [2.45, 2.75) is 51.9 Å². The summed E-state index contributed by atoms with van der Waals surface area (Å²) in [5.41, 5.74) is 0.388. The van der Waals surface area contributed by atoms with Crippen LogP contribution in [0.5, 0.6) is 0 Å². The average molecular weight is 366 g/mol. The van der Waals surface area contributed by atoms with Gasteiger partial charge >= 0.3 is 5.97 Å². The molecule has 0 saturated heterocycles. The van der Waals surface area contributed by atoms with Crippen LogP contribution in [0.4, 0.5) is 13.2 Å². The van der Waals surface area contributed by atoms with Crippen molar-refractivity contribution in [1.82, 2.24) is 0 Å². The number of hydrogen-bond acceptors (Lipinski definition) is 2. The van der Waals surface area contributed by atoms with Crippen molar-refractivity contribution in [3.05, 3.63) is 59.7 Å². The second-order valence-electron chi connectivity index (χ2n) is 6.78. The van der Waals surface area contributed by atoms with E-state index in [4.69, 9.17) is 4.74 Å².